The van der Waals surface area contributed by atoms with E-state index >= 15 is 0 Å². The summed E-state index contributed by atoms with van der Waals surface area (Å²) in [6.45, 7) is 7.89. The van der Waals surface area contributed by atoms with Crippen molar-refractivity contribution in [1.29, 1.82) is 0 Å². The number of carboxylic acid groups (broad SMARTS) is 2. The summed E-state index contributed by atoms with van der Waals surface area (Å²) in [5.74, 6) is -2.85. The van der Waals surface area contributed by atoms with Gasteiger partial charge in [-0.3, -0.25) is 4.79 Å². The first-order valence-corrected chi connectivity index (χ1v) is 10.1. The second kappa shape index (κ2) is 25.4. The number of carbonyl (C=O) groups excluding carboxylic acids is 3. The van der Waals surface area contributed by atoms with E-state index in [4.69, 9.17) is 35.4 Å². The van der Waals surface area contributed by atoms with E-state index in [1.54, 1.807) is 13.8 Å². The topological polar surface area (TPSA) is 228 Å². The van der Waals surface area contributed by atoms with Crippen LogP contribution in [0.25, 0.3) is 0 Å². The molecule has 0 unspecified atom stereocenters. The SMILES string of the molecule is C[C@@H](O)CC(=O)[O-].C[C@@H](O)CC(=O)[O-].C[C@@H](O)CCO.C[C@@H](O)CCOC(=O)C[C@@H](C)O. The van der Waals surface area contributed by atoms with Crippen molar-refractivity contribution < 1.29 is 60.0 Å². The van der Waals surface area contributed by atoms with Crippen molar-refractivity contribution in [1.82, 2.24) is 0 Å². The summed E-state index contributed by atoms with van der Waals surface area (Å²) in [4.78, 5) is 29.8. The number of carbonyl (C=O) groups is 3. The molecule has 0 amide bonds. The third-order valence-corrected chi connectivity index (χ3v) is 2.73. The molecular weight excluding hydrogens is 432 g/mol. The summed E-state index contributed by atoms with van der Waals surface area (Å²) in [6.07, 6.45) is -2.66. The lowest BCUT2D eigenvalue weighted by molar-refractivity contribution is -0.308. The van der Waals surface area contributed by atoms with Gasteiger partial charge in [-0.15, -0.1) is 0 Å². The van der Waals surface area contributed by atoms with Crippen LogP contribution in [0.4, 0.5) is 0 Å². The Labute approximate surface area is 189 Å². The van der Waals surface area contributed by atoms with Gasteiger partial charge in [-0.1, -0.05) is 0 Å². The van der Waals surface area contributed by atoms with Gasteiger partial charge in [0.2, 0.25) is 0 Å². The highest BCUT2D eigenvalue weighted by atomic mass is 16.5. The van der Waals surface area contributed by atoms with Gasteiger partial charge in [-0.25, -0.2) is 0 Å². The maximum Gasteiger partial charge on any atom is 0.308 e. The molecule has 0 aromatic heterocycles. The van der Waals surface area contributed by atoms with Crippen molar-refractivity contribution in [3.05, 3.63) is 0 Å². The molecule has 0 aliphatic rings. The van der Waals surface area contributed by atoms with E-state index < -0.39 is 42.3 Å². The van der Waals surface area contributed by atoms with Crippen LogP contribution in [0.1, 0.15) is 66.7 Å². The van der Waals surface area contributed by atoms with Crippen LogP contribution in [-0.4, -0.2) is 92.3 Å². The first-order valence-electron chi connectivity index (χ1n) is 10.1. The molecule has 0 saturated heterocycles. The van der Waals surface area contributed by atoms with E-state index in [-0.39, 0.29) is 38.6 Å². The second-order valence-electron chi connectivity index (χ2n) is 7.12. The molecule has 0 aliphatic heterocycles. The van der Waals surface area contributed by atoms with Crippen molar-refractivity contribution in [3.8, 4) is 0 Å². The van der Waals surface area contributed by atoms with Crippen LogP contribution in [0.2, 0.25) is 0 Å². The Hall–Kier alpha value is -1.83. The second-order valence-corrected chi connectivity index (χ2v) is 7.12. The normalized spacial score (nSPS) is 14.3. The highest BCUT2D eigenvalue weighted by Gasteiger charge is 2.07. The van der Waals surface area contributed by atoms with Crippen molar-refractivity contribution in [3.63, 3.8) is 0 Å². The van der Waals surface area contributed by atoms with E-state index in [0.29, 0.717) is 12.8 Å². The predicted octanol–water partition coefficient (Wildman–Crippen LogP) is -3.16. The maximum atomic E-state index is 10.8. The summed E-state index contributed by atoms with van der Waals surface area (Å²) in [5, 5.41) is 69.7. The van der Waals surface area contributed by atoms with Crippen LogP contribution in [0.3, 0.4) is 0 Å². The lowest BCUT2D eigenvalue weighted by Crippen LogP contribution is -2.25. The number of aliphatic hydroxyl groups is 6. The van der Waals surface area contributed by atoms with Crippen LogP contribution in [-0.2, 0) is 19.1 Å². The van der Waals surface area contributed by atoms with Gasteiger partial charge in [0.15, 0.2) is 0 Å². The van der Waals surface area contributed by atoms with Gasteiger partial charge >= 0.3 is 5.97 Å². The molecule has 12 heteroatoms. The third-order valence-electron chi connectivity index (χ3n) is 2.73. The number of aliphatic hydroxyl groups excluding tert-OH is 6. The quantitative estimate of drug-likeness (QED) is 0.164. The summed E-state index contributed by atoms with van der Waals surface area (Å²) in [6, 6.07) is 0. The molecule has 5 atom stereocenters. The van der Waals surface area contributed by atoms with Crippen LogP contribution in [0, 0.1) is 0 Å². The number of rotatable bonds is 11. The first kappa shape index (κ1) is 37.5. The fourth-order valence-corrected chi connectivity index (χ4v) is 1.31. The smallest absolute Gasteiger partial charge is 0.308 e. The number of carboxylic acids is 2. The first-order chi connectivity index (χ1) is 14.5. The Morgan fingerprint density at radius 2 is 1.00 bits per heavy atom. The fourth-order valence-electron chi connectivity index (χ4n) is 1.31. The van der Waals surface area contributed by atoms with Gasteiger partial charge in [0.1, 0.15) is 0 Å². The van der Waals surface area contributed by atoms with Gasteiger partial charge in [0.05, 0.1) is 43.5 Å². The number of hydrogen-bond acceptors (Lipinski definition) is 12. The minimum Gasteiger partial charge on any atom is -0.550 e. The minimum absolute atomic E-state index is 0.0137. The zero-order chi connectivity index (χ0) is 26.3. The van der Waals surface area contributed by atoms with E-state index in [9.17, 15) is 24.6 Å². The predicted molar refractivity (Wildman–Crippen MR) is 110 cm³/mol. The standard InChI is InChI=1S/C8H16O4.2C4H8O3.C4H10O2/c1-6(9)3-4-12-8(11)5-7(2)10;2*1-3(5)2-4(6)7;1-4(6)2-3-5/h6-7,9-10H,3-5H2,1-2H3;2*3,5H,2H2,1H3,(H,6,7);4-6H,2-3H2,1H3/p-2/t6-,7-;2*3-;4-/m1111/s1. The molecule has 0 spiro atoms. The highest BCUT2D eigenvalue weighted by Crippen LogP contribution is 1.96. The molecule has 194 valence electrons. The molecule has 0 fully saturated rings. The Morgan fingerprint density at radius 1 is 0.656 bits per heavy atom. The molecule has 0 heterocycles. The summed E-state index contributed by atoms with van der Waals surface area (Å²) in [5.41, 5.74) is 0. The summed E-state index contributed by atoms with van der Waals surface area (Å²) < 4.78 is 4.70. The molecule has 0 aromatic rings. The molecule has 0 radical (unpaired) electrons. The van der Waals surface area contributed by atoms with Crippen LogP contribution in [0.15, 0.2) is 0 Å². The lowest BCUT2D eigenvalue weighted by Gasteiger charge is -2.06. The van der Waals surface area contributed by atoms with Crippen LogP contribution in [0.5, 0.6) is 0 Å². The Morgan fingerprint density at radius 3 is 1.16 bits per heavy atom. The number of esters is 1. The van der Waals surface area contributed by atoms with Crippen molar-refractivity contribution in [2.45, 2.75) is 97.2 Å². The Bertz CT molecular complexity index is 428. The largest absolute Gasteiger partial charge is 0.550 e. The van der Waals surface area contributed by atoms with Crippen LogP contribution >= 0.6 is 0 Å². The lowest BCUT2D eigenvalue weighted by atomic mass is 10.3. The van der Waals surface area contributed by atoms with Gasteiger partial charge in [0, 0.05) is 37.8 Å². The van der Waals surface area contributed by atoms with Crippen molar-refractivity contribution >= 4 is 17.9 Å². The van der Waals surface area contributed by atoms with E-state index in [0.717, 1.165) is 0 Å². The molecule has 32 heavy (non-hydrogen) atoms. The number of ether oxygens (including phenoxy) is 1. The average molecular weight is 473 g/mol. The van der Waals surface area contributed by atoms with E-state index in [1.165, 1.54) is 20.8 Å². The minimum atomic E-state index is -1.21. The van der Waals surface area contributed by atoms with Gasteiger partial charge in [-0.05, 0) is 41.0 Å². The molecular formula is C20H40O12-2. The van der Waals surface area contributed by atoms with Gasteiger partial charge in [0.25, 0.3) is 0 Å². The van der Waals surface area contributed by atoms with Gasteiger partial charge < -0.3 is 55.2 Å². The zero-order valence-corrected chi connectivity index (χ0v) is 19.5. The average Bonchev–Trinajstić information content (AvgIpc) is 2.52. The molecule has 0 rings (SSSR count). The maximum absolute atomic E-state index is 10.8. The molecule has 0 saturated carbocycles. The Balaban J connectivity index is -0.000000171. The molecule has 0 bridgehead atoms. The summed E-state index contributed by atoms with van der Waals surface area (Å²) >= 11 is 0. The van der Waals surface area contributed by atoms with Crippen LogP contribution < -0.4 is 10.2 Å². The Kier molecular flexibility index (Phi) is 29.8. The van der Waals surface area contributed by atoms with Gasteiger partial charge in [-0.2, -0.15) is 0 Å². The number of hydrogen-bond donors (Lipinski definition) is 6. The molecule has 0 aliphatic carbocycles. The molecule has 6 N–H and O–H groups in total. The van der Waals surface area contributed by atoms with Crippen molar-refractivity contribution in [2.75, 3.05) is 13.2 Å². The van der Waals surface area contributed by atoms with Crippen molar-refractivity contribution in [2.24, 2.45) is 0 Å². The molecule has 0 aromatic carbocycles. The highest BCUT2D eigenvalue weighted by molar-refractivity contribution is 5.69. The number of aliphatic carboxylic acids is 2. The van der Waals surface area contributed by atoms with E-state index in [1.807, 2.05) is 0 Å². The summed E-state index contributed by atoms with van der Waals surface area (Å²) in [7, 11) is 0. The third kappa shape index (κ3) is 56.6. The fraction of sp³-hybridized carbons (Fsp3) is 0.850. The zero-order valence-electron chi connectivity index (χ0n) is 19.5. The van der Waals surface area contributed by atoms with E-state index in [2.05, 4.69) is 0 Å². The molecule has 12 nitrogen and oxygen atoms in total. The monoisotopic (exact) mass is 472 g/mol.